The zero-order valence-corrected chi connectivity index (χ0v) is 9.30. The smallest absolute Gasteiger partial charge is 0.245 e. The van der Waals surface area contributed by atoms with Gasteiger partial charge in [0.05, 0.1) is 5.69 Å². The average molecular weight is 213 g/mol. The zero-order valence-electron chi connectivity index (χ0n) is 8.54. The lowest BCUT2D eigenvalue weighted by molar-refractivity contribution is -0.107. The first-order chi connectivity index (χ1) is 6.56. The summed E-state index contributed by atoms with van der Waals surface area (Å²) >= 11 is 5.22. The first kappa shape index (κ1) is 11.0. The molecule has 0 aliphatic carbocycles. The summed E-state index contributed by atoms with van der Waals surface area (Å²) < 4.78 is 1.90. The minimum Gasteiger partial charge on any atom is -0.276 e. The highest BCUT2D eigenvalue weighted by molar-refractivity contribution is 6.66. The number of rotatable bonds is 3. The number of carbonyl (C=O) groups excluding carboxylic acids is 1. The predicted octanol–water partition coefficient (Wildman–Crippen LogP) is 2.30. The summed E-state index contributed by atoms with van der Waals surface area (Å²) in [5.74, 6) is 0. The van der Waals surface area contributed by atoms with Crippen LogP contribution in [0, 0.1) is 13.8 Å². The zero-order chi connectivity index (χ0) is 10.7. The van der Waals surface area contributed by atoms with Crippen LogP contribution < -0.4 is 0 Å². The van der Waals surface area contributed by atoms with E-state index in [0.29, 0.717) is 0 Å². The van der Waals surface area contributed by atoms with E-state index in [9.17, 15) is 4.79 Å². The van der Waals surface area contributed by atoms with Gasteiger partial charge in [0.15, 0.2) is 0 Å². The molecule has 1 heterocycles. The largest absolute Gasteiger partial charge is 0.276 e. The highest BCUT2D eigenvalue weighted by Crippen LogP contribution is 2.14. The second-order valence-electron chi connectivity index (χ2n) is 3.04. The molecule has 0 saturated heterocycles. The summed E-state index contributed by atoms with van der Waals surface area (Å²) in [4.78, 5) is 10.6. The van der Waals surface area contributed by atoms with Crippen LogP contribution in [0.4, 0.5) is 0 Å². The predicted molar refractivity (Wildman–Crippen MR) is 57.3 cm³/mol. The minimum atomic E-state index is -0.465. The van der Waals surface area contributed by atoms with Gasteiger partial charge in [-0.3, -0.25) is 9.48 Å². The van der Waals surface area contributed by atoms with E-state index in [1.807, 2.05) is 25.5 Å². The average Bonchev–Trinajstić information content (AvgIpc) is 2.39. The molecule has 14 heavy (non-hydrogen) atoms. The number of hydrogen-bond acceptors (Lipinski definition) is 2. The van der Waals surface area contributed by atoms with Crippen LogP contribution >= 0.6 is 11.6 Å². The standard InChI is InChI=1S/C10H13ClN2O/c1-4-13-8(3)9(7(2)12-13)5-6-10(11)14/h5-6H,4H2,1-3H3. The molecule has 0 spiro atoms. The first-order valence-corrected chi connectivity index (χ1v) is 4.85. The van der Waals surface area contributed by atoms with Gasteiger partial charge in [-0.05, 0) is 44.5 Å². The monoisotopic (exact) mass is 212 g/mol. The van der Waals surface area contributed by atoms with Crippen LogP contribution in [-0.4, -0.2) is 15.0 Å². The van der Waals surface area contributed by atoms with E-state index in [0.717, 1.165) is 23.5 Å². The van der Waals surface area contributed by atoms with Gasteiger partial charge in [-0.15, -0.1) is 0 Å². The molecule has 0 unspecified atom stereocenters. The van der Waals surface area contributed by atoms with Gasteiger partial charge in [0, 0.05) is 17.8 Å². The molecule has 4 heteroatoms. The molecule has 0 fully saturated rings. The fourth-order valence-corrected chi connectivity index (χ4v) is 1.47. The quantitative estimate of drug-likeness (QED) is 0.569. The number of hydrogen-bond donors (Lipinski definition) is 0. The van der Waals surface area contributed by atoms with E-state index in [-0.39, 0.29) is 0 Å². The van der Waals surface area contributed by atoms with E-state index in [1.165, 1.54) is 6.08 Å². The second kappa shape index (κ2) is 4.42. The Balaban J connectivity index is 3.08. The van der Waals surface area contributed by atoms with E-state index >= 15 is 0 Å². The van der Waals surface area contributed by atoms with Crippen LogP contribution in [0.2, 0.25) is 0 Å². The number of aryl methyl sites for hydroxylation is 2. The van der Waals surface area contributed by atoms with Crippen LogP contribution in [0.15, 0.2) is 6.08 Å². The van der Waals surface area contributed by atoms with Gasteiger partial charge in [-0.2, -0.15) is 5.10 Å². The molecule has 0 atom stereocenters. The number of nitrogens with zero attached hydrogens (tertiary/aromatic N) is 2. The third-order valence-corrected chi connectivity index (χ3v) is 2.24. The lowest BCUT2D eigenvalue weighted by Crippen LogP contribution is -1.98. The van der Waals surface area contributed by atoms with Crippen LogP contribution in [0.5, 0.6) is 0 Å². The fraction of sp³-hybridized carbons (Fsp3) is 0.400. The third-order valence-electron chi connectivity index (χ3n) is 2.12. The Bertz CT molecular complexity index is 380. The maximum atomic E-state index is 10.6. The molecule has 0 saturated carbocycles. The molecule has 0 aliphatic rings. The third kappa shape index (κ3) is 2.23. The molecule has 0 amide bonds. The van der Waals surface area contributed by atoms with Crippen LogP contribution in [0.25, 0.3) is 6.08 Å². The van der Waals surface area contributed by atoms with Crippen molar-refractivity contribution in [1.82, 2.24) is 9.78 Å². The lowest BCUT2D eigenvalue weighted by atomic mass is 10.2. The number of aromatic nitrogens is 2. The van der Waals surface area contributed by atoms with Gasteiger partial charge in [-0.1, -0.05) is 0 Å². The summed E-state index contributed by atoms with van der Waals surface area (Å²) in [6.45, 7) is 6.74. The maximum Gasteiger partial charge on any atom is 0.245 e. The van der Waals surface area contributed by atoms with Crippen LogP contribution in [0.1, 0.15) is 23.9 Å². The molecule has 0 aliphatic heterocycles. The summed E-state index contributed by atoms with van der Waals surface area (Å²) in [5, 5.41) is 3.85. The van der Waals surface area contributed by atoms with E-state index in [1.54, 1.807) is 6.08 Å². The summed E-state index contributed by atoms with van der Waals surface area (Å²) in [5.41, 5.74) is 2.94. The van der Waals surface area contributed by atoms with Crippen LogP contribution in [-0.2, 0) is 11.3 Å². The molecule has 0 radical (unpaired) electrons. The number of carbonyl (C=O) groups is 1. The van der Waals surface area contributed by atoms with E-state index in [2.05, 4.69) is 5.10 Å². The lowest BCUT2D eigenvalue weighted by Gasteiger charge is -1.97. The Morgan fingerprint density at radius 3 is 2.64 bits per heavy atom. The van der Waals surface area contributed by atoms with Gasteiger partial charge in [0.25, 0.3) is 0 Å². The summed E-state index contributed by atoms with van der Waals surface area (Å²) in [7, 11) is 0. The molecule has 0 aromatic carbocycles. The normalized spacial score (nSPS) is 11.1. The molecular formula is C10H13ClN2O. The van der Waals surface area contributed by atoms with E-state index in [4.69, 9.17) is 11.6 Å². The Kier molecular flexibility index (Phi) is 3.47. The molecular weight excluding hydrogens is 200 g/mol. The van der Waals surface area contributed by atoms with E-state index < -0.39 is 5.24 Å². The van der Waals surface area contributed by atoms with Crippen molar-refractivity contribution in [2.45, 2.75) is 27.3 Å². The minimum absolute atomic E-state index is 0.465. The summed E-state index contributed by atoms with van der Waals surface area (Å²) in [6, 6.07) is 0. The molecule has 3 nitrogen and oxygen atoms in total. The highest BCUT2D eigenvalue weighted by atomic mass is 35.5. The van der Waals surface area contributed by atoms with Gasteiger partial charge < -0.3 is 0 Å². The Labute approximate surface area is 88.4 Å². The number of halogens is 1. The highest BCUT2D eigenvalue weighted by Gasteiger charge is 2.07. The molecule has 0 bridgehead atoms. The second-order valence-corrected chi connectivity index (χ2v) is 3.41. The van der Waals surface area contributed by atoms with Crippen molar-refractivity contribution < 1.29 is 4.79 Å². The SMILES string of the molecule is CCn1nc(C)c(C=CC(=O)Cl)c1C. The van der Waals surface area contributed by atoms with Crippen LogP contribution in [0.3, 0.4) is 0 Å². The summed E-state index contributed by atoms with van der Waals surface area (Å²) in [6.07, 6.45) is 3.05. The Morgan fingerprint density at radius 1 is 1.57 bits per heavy atom. The van der Waals surface area contributed by atoms with Gasteiger partial charge in [0.1, 0.15) is 0 Å². The molecule has 0 N–H and O–H groups in total. The van der Waals surface area contributed by atoms with Gasteiger partial charge >= 0.3 is 0 Å². The van der Waals surface area contributed by atoms with Gasteiger partial charge in [0.2, 0.25) is 5.24 Å². The molecule has 1 aromatic rings. The van der Waals surface area contributed by atoms with Crippen molar-refractivity contribution in [3.8, 4) is 0 Å². The van der Waals surface area contributed by atoms with Crippen molar-refractivity contribution in [2.75, 3.05) is 0 Å². The molecule has 1 aromatic heterocycles. The molecule has 1 rings (SSSR count). The fourth-order valence-electron chi connectivity index (χ4n) is 1.41. The Hall–Kier alpha value is -1.09. The topological polar surface area (TPSA) is 34.9 Å². The van der Waals surface area contributed by atoms with Crippen molar-refractivity contribution in [2.24, 2.45) is 0 Å². The van der Waals surface area contributed by atoms with Crippen molar-refractivity contribution in [3.63, 3.8) is 0 Å². The first-order valence-electron chi connectivity index (χ1n) is 4.47. The molecule has 76 valence electrons. The van der Waals surface area contributed by atoms with Crippen molar-refractivity contribution in [1.29, 1.82) is 0 Å². The Morgan fingerprint density at radius 2 is 2.21 bits per heavy atom. The van der Waals surface area contributed by atoms with Crippen molar-refractivity contribution in [3.05, 3.63) is 23.0 Å². The number of allylic oxidation sites excluding steroid dienone is 1. The maximum absolute atomic E-state index is 10.6. The van der Waals surface area contributed by atoms with Gasteiger partial charge in [-0.25, -0.2) is 0 Å². The van der Waals surface area contributed by atoms with Crippen molar-refractivity contribution >= 4 is 22.9 Å².